The molecule has 0 spiro atoms. The van der Waals surface area contributed by atoms with Crippen molar-refractivity contribution in [1.82, 2.24) is 0 Å². The lowest BCUT2D eigenvalue weighted by Crippen LogP contribution is -2.14. The van der Waals surface area contributed by atoms with Crippen LogP contribution in [-0.2, 0) is 17.8 Å². The molecule has 0 unspecified atom stereocenters. The van der Waals surface area contributed by atoms with Crippen LogP contribution >= 0.6 is 0 Å². The fraction of sp³-hybridized carbons (Fsp3) is 0.188. The van der Waals surface area contributed by atoms with Crippen LogP contribution < -0.4 is 15.8 Å². The van der Waals surface area contributed by atoms with E-state index in [4.69, 9.17) is 10.5 Å². The standard InChI is InChI=1S/C16H18N2O2/c1-20-15-4-2-3-14(10-15)18-16(19)9-12-5-7-13(11-17)8-6-12/h2-8,10H,9,11,17H2,1H3,(H,18,19). The molecule has 4 heteroatoms. The molecule has 2 rings (SSSR count). The topological polar surface area (TPSA) is 64.3 Å². The number of ether oxygens (including phenoxy) is 1. The SMILES string of the molecule is COc1cccc(NC(=O)Cc2ccc(CN)cc2)c1. The predicted molar refractivity (Wildman–Crippen MR) is 79.7 cm³/mol. The molecule has 0 atom stereocenters. The number of amides is 1. The van der Waals surface area contributed by atoms with Gasteiger partial charge in [-0.1, -0.05) is 30.3 Å². The van der Waals surface area contributed by atoms with Crippen LogP contribution in [0.15, 0.2) is 48.5 Å². The Morgan fingerprint density at radius 1 is 1.15 bits per heavy atom. The van der Waals surface area contributed by atoms with Gasteiger partial charge in [0.1, 0.15) is 5.75 Å². The highest BCUT2D eigenvalue weighted by atomic mass is 16.5. The monoisotopic (exact) mass is 270 g/mol. The van der Waals surface area contributed by atoms with Crippen molar-refractivity contribution >= 4 is 11.6 Å². The van der Waals surface area contributed by atoms with Crippen LogP contribution in [0.4, 0.5) is 5.69 Å². The second-order valence-electron chi connectivity index (χ2n) is 4.48. The number of rotatable bonds is 5. The Bertz CT molecular complexity index is 579. The molecule has 0 aliphatic carbocycles. The number of nitrogens with two attached hydrogens (primary N) is 1. The van der Waals surface area contributed by atoms with Gasteiger partial charge in [0, 0.05) is 18.3 Å². The van der Waals surface area contributed by atoms with E-state index in [9.17, 15) is 4.79 Å². The first-order valence-electron chi connectivity index (χ1n) is 6.43. The van der Waals surface area contributed by atoms with Crippen molar-refractivity contribution in [2.75, 3.05) is 12.4 Å². The van der Waals surface area contributed by atoms with E-state index in [0.29, 0.717) is 13.0 Å². The first-order valence-corrected chi connectivity index (χ1v) is 6.43. The van der Waals surface area contributed by atoms with Crippen LogP contribution in [0, 0.1) is 0 Å². The van der Waals surface area contributed by atoms with Gasteiger partial charge in [-0.3, -0.25) is 4.79 Å². The van der Waals surface area contributed by atoms with Gasteiger partial charge in [0.2, 0.25) is 5.91 Å². The predicted octanol–water partition coefficient (Wildman–Crippen LogP) is 2.34. The number of nitrogens with one attached hydrogen (secondary N) is 1. The average Bonchev–Trinajstić information content (AvgIpc) is 2.48. The number of methoxy groups -OCH3 is 1. The molecule has 0 bridgehead atoms. The minimum absolute atomic E-state index is 0.0567. The van der Waals surface area contributed by atoms with Crippen molar-refractivity contribution in [3.63, 3.8) is 0 Å². The van der Waals surface area contributed by atoms with Crippen LogP contribution in [0.1, 0.15) is 11.1 Å². The second kappa shape index (κ2) is 6.73. The highest BCUT2D eigenvalue weighted by Gasteiger charge is 2.05. The average molecular weight is 270 g/mol. The van der Waals surface area contributed by atoms with Crippen molar-refractivity contribution < 1.29 is 9.53 Å². The molecule has 0 saturated carbocycles. The number of hydrogen-bond donors (Lipinski definition) is 2. The zero-order valence-electron chi connectivity index (χ0n) is 11.4. The fourth-order valence-corrected chi connectivity index (χ4v) is 1.88. The van der Waals surface area contributed by atoms with Gasteiger partial charge in [-0.25, -0.2) is 0 Å². The van der Waals surface area contributed by atoms with Gasteiger partial charge in [0.15, 0.2) is 0 Å². The molecule has 0 fully saturated rings. The van der Waals surface area contributed by atoms with Crippen LogP contribution in [0.25, 0.3) is 0 Å². The summed E-state index contributed by atoms with van der Waals surface area (Å²) in [6.07, 6.45) is 0.335. The molecule has 0 aromatic heterocycles. The molecule has 0 radical (unpaired) electrons. The van der Waals surface area contributed by atoms with Crippen molar-refractivity contribution in [3.8, 4) is 5.75 Å². The van der Waals surface area contributed by atoms with Crippen molar-refractivity contribution in [2.24, 2.45) is 5.73 Å². The number of hydrogen-bond acceptors (Lipinski definition) is 3. The largest absolute Gasteiger partial charge is 0.497 e. The minimum atomic E-state index is -0.0567. The highest BCUT2D eigenvalue weighted by Crippen LogP contribution is 2.17. The van der Waals surface area contributed by atoms with Crippen LogP contribution in [0.5, 0.6) is 5.75 Å². The first-order chi connectivity index (χ1) is 9.71. The summed E-state index contributed by atoms with van der Waals surface area (Å²) in [6.45, 7) is 0.510. The molecule has 3 N–H and O–H groups in total. The van der Waals surface area contributed by atoms with Gasteiger partial charge in [0.05, 0.1) is 13.5 Å². The summed E-state index contributed by atoms with van der Waals surface area (Å²) in [7, 11) is 1.60. The van der Waals surface area contributed by atoms with Gasteiger partial charge >= 0.3 is 0 Å². The summed E-state index contributed by atoms with van der Waals surface area (Å²) in [5.74, 6) is 0.661. The zero-order valence-corrected chi connectivity index (χ0v) is 11.4. The number of carbonyl (C=O) groups excluding carboxylic acids is 1. The minimum Gasteiger partial charge on any atom is -0.497 e. The van der Waals surface area contributed by atoms with Crippen molar-refractivity contribution in [1.29, 1.82) is 0 Å². The van der Waals surface area contributed by atoms with Gasteiger partial charge in [-0.15, -0.1) is 0 Å². The molecule has 104 valence electrons. The van der Waals surface area contributed by atoms with Crippen LogP contribution in [0.3, 0.4) is 0 Å². The van der Waals surface area contributed by atoms with E-state index in [1.165, 1.54) is 0 Å². The number of anilines is 1. The Morgan fingerprint density at radius 3 is 2.50 bits per heavy atom. The molecule has 0 heterocycles. The molecule has 2 aromatic carbocycles. The summed E-state index contributed by atoms with van der Waals surface area (Å²) in [4.78, 5) is 12.0. The van der Waals surface area contributed by atoms with E-state index in [0.717, 1.165) is 22.6 Å². The van der Waals surface area contributed by atoms with Gasteiger partial charge in [-0.05, 0) is 23.3 Å². The molecule has 2 aromatic rings. The molecular weight excluding hydrogens is 252 g/mol. The third-order valence-electron chi connectivity index (χ3n) is 2.98. The van der Waals surface area contributed by atoms with Gasteiger partial charge < -0.3 is 15.8 Å². The van der Waals surface area contributed by atoms with E-state index in [-0.39, 0.29) is 5.91 Å². The summed E-state index contributed by atoms with van der Waals surface area (Å²) in [5, 5.41) is 2.85. The quantitative estimate of drug-likeness (QED) is 0.876. The molecule has 0 aliphatic rings. The molecule has 0 aliphatic heterocycles. The normalized spacial score (nSPS) is 10.1. The molecule has 1 amide bonds. The maximum absolute atomic E-state index is 12.0. The number of carbonyl (C=O) groups is 1. The lowest BCUT2D eigenvalue weighted by atomic mass is 10.1. The van der Waals surface area contributed by atoms with Gasteiger partial charge in [0.25, 0.3) is 0 Å². The third kappa shape index (κ3) is 3.83. The van der Waals surface area contributed by atoms with E-state index < -0.39 is 0 Å². The van der Waals surface area contributed by atoms with Crippen molar-refractivity contribution in [2.45, 2.75) is 13.0 Å². The Hall–Kier alpha value is -2.33. The van der Waals surface area contributed by atoms with E-state index in [2.05, 4.69) is 5.32 Å². The lowest BCUT2D eigenvalue weighted by Gasteiger charge is -2.07. The Labute approximate surface area is 118 Å². The van der Waals surface area contributed by atoms with Gasteiger partial charge in [-0.2, -0.15) is 0 Å². The molecule has 4 nitrogen and oxygen atoms in total. The number of benzene rings is 2. The molecule has 20 heavy (non-hydrogen) atoms. The van der Waals surface area contributed by atoms with Crippen LogP contribution in [-0.4, -0.2) is 13.0 Å². The van der Waals surface area contributed by atoms with E-state index >= 15 is 0 Å². The smallest absolute Gasteiger partial charge is 0.228 e. The summed E-state index contributed by atoms with van der Waals surface area (Å²) < 4.78 is 5.12. The molecular formula is C16H18N2O2. The second-order valence-corrected chi connectivity index (χ2v) is 4.48. The third-order valence-corrected chi connectivity index (χ3v) is 2.98. The zero-order chi connectivity index (χ0) is 14.4. The van der Waals surface area contributed by atoms with E-state index in [1.807, 2.05) is 42.5 Å². The summed E-state index contributed by atoms with van der Waals surface area (Å²) in [5.41, 5.74) is 8.29. The maximum atomic E-state index is 12.0. The fourth-order valence-electron chi connectivity index (χ4n) is 1.88. The first kappa shape index (κ1) is 14.1. The summed E-state index contributed by atoms with van der Waals surface area (Å²) >= 11 is 0. The maximum Gasteiger partial charge on any atom is 0.228 e. The van der Waals surface area contributed by atoms with E-state index in [1.54, 1.807) is 13.2 Å². The van der Waals surface area contributed by atoms with Crippen molar-refractivity contribution in [3.05, 3.63) is 59.7 Å². The highest BCUT2D eigenvalue weighted by molar-refractivity contribution is 5.92. The Balaban J connectivity index is 1.97. The Morgan fingerprint density at radius 2 is 1.85 bits per heavy atom. The Kier molecular flexibility index (Phi) is 4.74. The molecule has 0 saturated heterocycles. The summed E-state index contributed by atoms with van der Waals surface area (Å²) in [6, 6.07) is 15.0. The lowest BCUT2D eigenvalue weighted by molar-refractivity contribution is -0.115. The van der Waals surface area contributed by atoms with Crippen LogP contribution in [0.2, 0.25) is 0 Å².